The van der Waals surface area contributed by atoms with Gasteiger partial charge in [0.25, 0.3) is 5.91 Å². The Kier molecular flexibility index (Phi) is 9.11. The number of rotatable bonds is 9. The third-order valence-electron chi connectivity index (χ3n) is 6.09. The van der Waals surface area contributed by atoms with Crippen molar-refractivity contribution in [3.8, 4) is 5.75 Å². The van der Waals surface area contributed by atoms with Gasteiger partial charge in [-0.1, -0.05) is 58.2 Å². The molecule has 0 radical (unpaired) electrons. The molecule has 3 atom stereocenters. The van der Waals surface area contributed by atoms with Gasteiger partial charge in [0, 0.05) is 23.9 Å². The summed E-state index contributed by atoms with van der Waals surface area (Å²) in [5.74, 6) is 0.994. The van der Waals surface area contributed by atoms with Crippen molar-refractivity contribution in [3.63, 3.8) is 0 Å². The van der Waals surface area contributed by atoms with Crippen LogP contribution in [0.15, 0.2) is 29.6 Å². The summed E-state index contributed by atoms with van der Waals surface area (Å²) in [6.45, 7) is 11.1. The second-order valence-electron chi connectivity index (χ2n) is 10.8. The molecule has 186 valence electrons. The van der Waals surface area contributed by atoms with Gasteiger partial charge in [0.1, 0.15) is 23.1 Å². The first-order valence-electron chi connectivity index (χ1n) is 12.3. The molecular formula is C27H39N3O3S. The maximum Gasteiger partial charge on any atom is 0.271 e. The summed E-state index contributed by atoms with van der Waals surface area (Å²) >= 11 is 1.42. The lowest BCUT2D eigenvalue weighted by Crippen LogP contribution is -2.53. The van der Waals surface area contributed by atoms with Gasteiger partial charge in [-0.15, -0.1) is 11.3 Å². The number of hydrogen-bond donors (Lipinski definition) is 2. The van der Waals surface area contributed by atoms with E-state index in [4.69, 9.17) is 4.74 Å². The van der Waals surface area contributed by atoms with E-state index in [9.17, 15) is 9.59 Å². The number of ether oxygens (including phenoxy) is 1. The molecule has 0 bridgehead atoms. The average Bonchev–Trinajstić information content (AvgIpc) is 3.22. The second-order valence-corrected chi connectivity index (χ2v) is 11.8. The van der Waals surface area contributed by atoms with Crippen LogP contribution in [0.1, 0.15) is 87.3 Å². The molecule has 0 spiro atoms. The summed E-state index contributed by atoms with van der Waals surface area (Å²) in [5.41, 5.74) is 1.79. The minimum atomic E-state index is -0.190. The molecule has 2 amide bonds. The number of carbonyl (C=O) groups excluding carboxylic acids is 2. The van der Waals surface area contributed by atoms with E-state index in [1.54, 1.807) is 5.38 Å². The molecule has 0 saturated heterocycles. The fourth-order valence-corrected chi connectivity index (χ4v) is 5.36. The molecule has 3 rings (SSSR count). The molecule has 1 aliphatic rings. The molecule has 1 aromatic carbocycles. The van der Waals surface area contributed by atoms with Gasteiger partial charge in [-0.2, -0.15) is 0 Å². The Morgan fingerprint density at radius 2 is 1.76 bits per heavy atom. The average molecular weight is 486 g/mol. The number of nitrogens with zero attached hydrogens (tertiary/aromatic N) is 1. The quantitative estimate of drug-likeness (QED) is 0.481. The summed E-state index contributed by atoms with van der Waals surface area (Å²) in [6, 6.07) is 7.75. The molecule has 1 saturated carbocycles. The van der Waals surface area contributed by atoms with Gasteiger partial charge in [0.15, 0.2) is 0 Å². The highest BCUT2D eigenvalue weighted by Gasteiger charge is 2.29. The fraction of sp³-hybridized carbons (Fsp3) is 0.593. The van der Waals surface area contributed by atoms with E-state index < -0.39 is 0 Å². The van der Waals surface area contributed by atoms with Crippen LogP contribution >= 0.6 is 11.3 Å². The topological polar surface area (TPSA) is 80.3 Å². The van der Waals surface area contributed by atoms with E-state index in [0.717, 1.165) is 42.9 Å². The Morgan fingerprint density at radius 3 is 2.41 bits per heavy atom. The predicted octanol–water partition coefficient (Wildman–Crippen LogP) is 5.65. The molecule has 34 heavy (non-hydrogen) atoms. The number of thiazole rings is 1. The maximum atomic E-state index is 12.9. The largest absolute Gasteiger partial charge is 0.486 e. The molecule has 0 unspecified atom stereocenters. The summed E-state index contributed by atoms with van der Waals surface area (Å²) < 4.78 is 5.78. The zero-order valence-corrected chi connectivity index (χ0v) is 22.0. The van der Waals surface area contributed by atoms with Gasteiger partial charge in [-0.25, -0.2) is 4.98 Å². The van der Waals surface area contributed by atoms with Gasteiger partial charge in [0.05, 0.1) is 0 Å². The minimum Gasteiger partial charge on any atom is -0.486 e. The molecule has 6 nitrogen and oxygen atoms in total. The molecule has 7 heteroatoms. The Balaban J connectivity index is 1.51. The highest BCUT2D eigenvalue weighted by molar-refractivity contribution is 7.09. The number of benzene rings is 1. The maximum absolute atomic E-state index is 12.9. The summed E-state index contributed by atoms with van der Waals surface area (Å²) in [6.07, 6.45) is 5.38. The number of aromatic nitrogens is 1. The molecule has 1 heterocycles. The Hall–Kier alpha value is -2.41. The summed E-state index contributed by atoms with van der Waals surface area (Å²) in [5, 5.41) is 8.85. The lowest BCUT2D eigenvalue weighted by atomic mass is 9.84. The predicted molar refractivity (Wildman–Crippen MR) is 137 cm³/mol. The smallest absolute Gasteiger partial charge is 0.271 e. The van der Waals surface area contributed by atoms with Crippen molar-refractivity contribution < 1.29 is 14.3 Å². The van der Waals surface area contributed by atoms with E-state index in [-0.39, 0.29) is 29.3 Å². The fourth-order valence-electron chi connectivity index (χ4n) is 4.68. The lowest BCUT2D eigenvalue weighted by molar-refractivity contribution is -0.123. The Bertz CT molecular complexity index is 949. The van der Waals surface area contributed by atoms with Crippen LogP contribution in [-0.4, -0.2) is 28.9 Å². The van der Waals surface area contributed by atoms with Crippen molar-refractivity contribution in [1.29, 1.82) is 0 Å². The molecule has 1 fully saturated rings. The third kappa shape index (κ3) is 8.42. The standard InChI is InChI=1S/C27H39N3O3S/c1-18-10-12-20(13-11-18)33-16-25-29-23(17-34-25)26(32)30-22-9-7-6-8-21(22)28-24(31)14-19(2)15-27(3,4)5/h10-13,17,19,21-22H,6-9,14-16H2,1-5H3,(H,28,31)(H,30,32)/t19-,21-,22+/m0/s1. The van der Waals surface area contributed by atoms with Crippen LogP contribution in [0.4, 0.5) is 0 Å². The summed E-state index contributed by atoms with van der Waals surface area (Å²) in [7, 11) is 0. The molecule has 2 N–H and O–H groups in total. The van der Waals surface area contributed by atoms with Crippen molar-refractivity contribution in [2.45, 2.75) is 91.8 Å². The molecule has 1 aliphatic carbocycles. The van der Waals surface area contributed by atoms with Crippen LogP contribution in [0.5, 0.6) is 5.75 Å². The van der Waals surface area contributed by atoms with Crippen LogP contribution in [-0.2, 0) is 11.4 Å². The first kappa shape index (κ1) is 26.2. The van der Waals surface area contributed by atoms with E-state index in [2.05, 4.69) is 43.3 Å². The highest BCUT2D eigenvalue weighted by atomic mass is 32.1. The molecule has 0 aliphatic heterocycles. The van der Waals surface area contributed by atoms with Crippen molar-refractivity contribution in [3.05, 3.63) is 45.9 Å². The summed E-state index contributed by atoms with van der Waals surface area (Å²) in [4.78, 5) is 30.0. The number of amides is 2. The minimum absolute atomic E-state index is 0.0324. The van der Waals surface area contributed by atoms with Crippen molar-refractivity contribution in [2.24, 2.45) is 11.3 Å². The van der Waals surface area contributed by atoms with E-state index in [1.807, 2.05) is 31.2 Å². The molecule has 1 aromatic heterocycles. The van der Waals surface area contributed by atoms with Gasteiger partial charge in [-0.3, -0.25) is 9.59 Å². The monoisotopic (exact) mass is 485 g/mol. The van der Waals surface area contributed by atoms with Crippen LogP contribution in [0.25, 0.3) is 0 Å². The van der Waals surface area contributed by atoms with Gasteiger partial charge in [-0.05, 0) is 49.7 Å². The normalized spacial score (nSPS) is 19.3. The molecular weight excluding hydrogens is 446 g/mol. The first-order chi connectivity index (χ1) is 16.1. The van der Waals surface area contributed by atoms with Gasteiger partial charge in [0.2, 0.25) is 5.91 Å². The van der Waals surface area contributed by atoms with E-state index in [1.165, 1.54) is 16.9 Å². The van der Waals surface area contributed by atoms with E-state index >= 15 is 0 Å². The lowest BCUT2D eigenvalue weighted by Gasteiger charge is -2.33. The second kappa shape index (κ2) is 11.8. The number of nitrogens with one attached hydrogen (secondary N) is 2. The zero-order valence-electron chi connectivity index (χ0n) is 21.1. The SMILES string of the molecule is Cc1ccc(OCc2nc(C(=O)N[C@@H]3CCCC[C@@H]3NC(=O)C[C@H](C)CC(C)(C)C)cs2)cc1. The zero-order chi connectivity index (χ0) is 24.7. The van der Waals surface area contributed by atoms with Crippen LogP contribution < -0.4 is 15.4 Å². The van der Waals surface area contributed by atoms with Gasteiger partial charge >= 0.3 is 0 Å². The van der Waals surface area contributed by atoms with Crippen LogP contribution in [0.3, 0.4) is 0 Å². The van der Waals surface area contributed by atoms with E-state index in [0.29, 0.717) is 24.6 Å². The molecule has 2 aromatic rings. The van der Waals surface area contributed by atoms with Crippen molar-refractivity contribution in [1.82, 2.24) is 15.6 Å². The van der Waals surface area contributed by atoms with Crippen LogP contribution in [0, 0.1) is 18.3 Å². The number of aryl methyl sites for hydroxylation is 1. The van der Waals surface area contributed by atoms with Crippen LogP contribution in [0.2, 0.25) is 0 Å². The Labute approximate surface area is 207 Å². The number of carbonyl (C=O) groups is 2. The van der Waals surface area contributed by atoms with Gasteiger partial charge < -0.3 is 15.4 Å². The third-order valence-corrected chi connectivity index (χ3v) is 6.91. The number of hydrogen-bond acceptors (Lipinski definition) is 5. The first-order valence-corrected chi connectivity index (χ1v) is 13.2. The van der Waals surface area contributed by atoms with Crippen molar-refractivity contribution >= 4 is 23.2 Å². The highest BCUT2D eigenvalue weighted by Crippen LogP contribution is 2.26. The van der Waals surface area contributed by atoms with Crippen molar-refractivity contribution in [2.75, 3.05) is 0 Å². The Morgan fingerprint density at radius 1 is 1.12 bits per heavy atom.